The molecule has 1 aromatic carbocycles. The fraction of sp³-hybridized carbons (Fsp3) is 0.667. The zero-order valence-electron chi connectivity index (χ0n) is 16.3. The van der Waals surface area contributed by atoms with Gasteiger partial charge in [0.05, 0.1) is 6.54 Å². The van der Waals surface area contributed by atoms with Gasteiger partial charge in [-0.2, -0.15) is 0 Å². The molecule has 1 aliphatic rings. The maximum absolute atomic E-state index is 12.8. The van der Waals surface area contributed by atoms with Crippen LogP contribution >= 0.6 is 0 Å². The number of hydrogen-bond acceptors (Lipinski definition) is 3. The van der Waals surface area contributed by atoms with E-state index < -0.39 is 0 Å². The third-order valence-electron chi connectivity index (χ3n) is 5.21. The molecule has 1 fully saturated rings. The molecule has 0 aromatic heterocycles. The highest BCUT2D eigenvalue weighted by Crippen LogP contribution is 2.20. The van der Waals surface area contributed by atoms with Gasteiger partial charge in [-0.25, -0.2) is 0 Å². The molecule has 25 heavy (non-hydrogen) atoms. The summed E-state index contributed by atoms with van der Waals surface area (Å²) in [7, 11) is 2.02. The van der Waals surface area contributed by atoms with Gasteiger partial charge in [0.25, 0.3) is 0 Å². The highest BCUT2D eigenvalue weighted by Gasteiger charge is 2.22. The number of rotatable bonds is 9. The average molecular weight is 346 g/mol. The van der Waals surface area contributed by atoms with Crippen LogP contribution < -0.4 is 5.32 Å². The molecule has 0 spiro atoms. The van der Waals surface area contributed by atoms with Crippen LogP contribution in [0.4, 0.5) is 0 Å². The fourth-order valence-corrected chi connectivity index (χ4v) is 3.55. The van der Waals surface area contributed by atoms with Crippen LogP contribution in [0.5, 0.6) is 0 Å². The molecule has 1 aromatic rings. The van der Waals surface area contributed by atoms with Gasteiger partial charge in [-0.15, -0.1) is 0 Å². The molecule has 2 rings (SSSR count). The number of carbonyl (C=O) groups is 1. The van der Waals surface area contributed by atoms with Gasteiger partial charge in [0.1, 0.15) is 0 Å². The van der Waals surface area contributed by atoms with E-state index in [9.17, 15) is 4.79 Å². The van der Waals surface area contributed by atoms with Crippen molar-refractivity contribution in [3.63, 3.8) is 0 Å². The summed E-state index contributed by atoms with van der Waals surface area (Å²) in [4.78, 5) is 17.2. The lowest BCUT2D eigenvalue weighted by Crippen LogP contribution is -2.43. The summed E-state index contributed by atoms with van der Waals surface area (Å²) in [5, 5.41) is 3.24. The first-order valence-corrected chi connectivity index (χ1v) is 9.82. The number of aryl methyl sites for hydroxylation is 1. The number of benzene rings is 1. The summed E-state index contributed by atoms with van der Waals surface area (Å²) >= 11 is 0. The van der Waals surface area contributed by atoms with E-state index in [0.717, 1.165) is 45.1 Å². The number of likely N-dealkylation sites (tertiary alicyclic amines) is 1. The lowest BCUT2D eigenvalue weighted by atomic mass is 9.93. The van der Waals surface area contributed by atoms with Crippen LogP contribution in [-0.2, 0) is 11.3 Å². The smallest absolute Gasteiger partial charge is 0.237 e. The highest BCUT2D eigenvalue weighted by molar-refractivity contribution is 5.78. The standard InChI is InChI=1S/C21H35N3O/c1-4-13-24(16-20-7-5-18(2)6-8-20)21(25)17-23-14-10-19(11-15-23)9-12-22-3/h5-8,19,22H,4,9-17H2,1-3H3. The van der Waals surface area contributed by atoms with Gasteiger partial charge in [0.2, 0.25) is 5.91 Å². The van der Waals surface area contributed by atoms with Crippen molar-refractivity contribution in [1.29, 1.82) is 0 Å². The Morgan fingerprint density at radius 3 is 2.52 bits per heavy atom. The Labute approximate surface area is 153 Å². The zero-order valence-corrected chi connectivity index (χ0v) is 16.3. The van der Waals surface area contributed by atoms with Crippen LogP contribution in [0.1, 0.15) is 43.7 Å². The molecule has 1 saturated heterocycles. The fourth-order valence-electron chi connectivity index (χ4n) is 3.55. The summed E-state index contributed by atoms with van der Waals surface area (Å²) in [5.41, 5.74) is 2.48. The molecule has 0 saturated carbocycles. The first kappa shape index (κ1) is 19.9. The molecule has 0 aliphatic carbocycles. The molecule has 1 heterocycles. The van der Waals surface area contributed by atoms with Crippen molar-refractivity contribution in [3.05, 3.63) is 35.4 Å². The minimum atomic E-state index is 0.274. The van der Waals surface area contributed by atoms with Gasteiger partial charge in [0.15, 0.2) is 0 Å². The Morgan fingerprint density at radius 1 is 1.24 bits per heavy atom. The summed E-state index contributed by atoms with van der Waals surface area (Å²) in [5.74, 6) is 1.09. The van der Waals surface area contributed by atoms with Crippen LogP contribution in [0.2, 0.25) is 0 Å². The van der Waals surface area contributed by atoms with E-state index in [1.807, 2.05) is 11.9 Å². The SMILES string of the molecule is CCCN(Cc1ccc(C)cc1)C(=O)CN1CCC(CCNC)CC1. The van der Waals surface area contributed by atoms with Gasteiger partial charge >= 0.3 is 0 Å². The van der Waals surface area contributed by atoms with Crippen molar-refractivity contribution in [2.75, 3.05) is 39.8 Å². The molecule has 4 heteroatoms. The maximum atomic E-state index is 12.8. The van der Waals surface area contributed by atoms with Crippen LogP contribution in [0.3, 0.4) is 0 Å². The third kappa shape index (κ3) is 6.79. The van der Waals surface area contributed by atoms with Gasteiger partial charge in [-0.1, -0.05) is 36.8 Å². The maximum Gasteiger partial charge on any atom is 0.237 e. The van der Waals surface area contributed by atoms with E-state index in [1.54, 1.807) is 0 Å². The molecule has 1 N–H and O–H groups in total. The van der Waals surface area contributed by atoms with Crippen molar-refractivity contribution in [3.8, 4) is 0 Å². The number of amides is 1. The first-order chi connectivity index (χ1) is 12.1. The minimum absolute atomic E-state index is 0.274. The Hall–Kier alpha value is -1.39. The van der Waals surface area contributed by atoms with Gasteiger partial charge in [-0.3, -0.25) is 9.69 Å². The number of hydrogen-bond donors (Lipinski definition) is 1. The van der Waals surface area contributed by atoms with Gasteiger partial charge in [0, 0.05) is 13.1 Å². The number of nitrogens with one attached hydrogen (secondary N) is 1. The summed E-state index contributed by atoms with van der Waals surface area (Å²) < 4.78 is 0. The lowest BCUT2D eigenvalue weighted by molar-refractivity contribution is -0.133. The van der Waals surface area contributed by atoms with E-state index in [1.165, 1.54) is 30.4 Å². The molecule has 0 unspecified atom stereocenters. The Kier molecular flexibility index (Phi) is 8.42. The van der Waals surface area contributed by atoms with E-state index in [-0.39, 0.29) is 5.91 Å². The molecule has 0 bridgehead atoms. The predicted molar refractivity (Wildman–Crippen MR) is 105 cm³/mol. The van der Waals surface area contributed by atoms with Crippen LogP contribution in [0.15, 0.2) is 24.3 Å². The van der Waals surface area contributed by atoms with Crippen LogP contribution in [0, 0.1) is 12.8 Å². The predicted octanol–water partition coefficient (Wildman–Crippen LogP) is 3.06. The average Bonchev–Trinajstić information content (AvgIpc) is 2.62. The van der Waals surface area contributed by atoms with E-state index in [4.69, 9.17) is 0 Å². The largest absolute Gasteiger partial charge is 0.337 e. The van der Waals surface area contributed by atoms with Crippen molar-refractivity contribution < 1.29 is 4.79 Å². The summed E-state index contributed by atoms with van der Waals surface area (Å²) in [6.45, 7) is 9.60. The molecule has 0 radical (unpaired) electrons. The molecule has 0 atom stereocenters. The Bertz CT molecular complexity index is 506. The van der Waals surface area contributed by atoms with Crippen molar-refractivity contribution in [2.24, 2.45) is 5.92 Å². The topological polar surface area (TPSA) is 35.6 Å². The van der Waals surface area contributed by atoms with Crippen molar-refractivity contribution >= 4 is 5.91 Å². The van der Waals surface area contributed by atoms with Gasteiger partial charge < -0.3 is 10.2 Å². The van der Waals surface area contributed by atoms with Crippen LogP contribution in [0.25, 0.3) is 0 Å². The second-order valence-corrected chi connectivity index (χ2v) is 7.41. The second-order valence-electron chi connectivity index (χ2n) is 7.41. The van der Waals surface area contributed by atoms with Gasteiger partial charge in [-0.05, 0) is 70.8 Å². The summed E-state index contributed by atoms with van der Waals surface area (Å²) in [6, 6.07) is 8.52. The van der Waals surface area contributed by atoms with E-state index >= 15 is 0 Å². The normalized spacial score (nSPS) is 16.1. The molecule has 1 amide bonds. The van der Waals surface area contributed by atoms with E-state index in [2.05, 4.69) is 48.3 Å². The lowest BCUT2D eigenvalue weighted by Gasteiger charge is -2.33. The highest BCUT2D eigenvalue weighted by atomic mass is 16.2. The zero-order chi connectivity index (χ0) is 18.1. The molecule has 1 aliphatic heterocycles. The Morgan fingerprint density at radius 2 is 1.92 bits per heavy atom. The molecular formula is C21H35N3O. The minimum Gasteiger partial charge on any atom is -0.337 e. The monoisotopic (exact) mass is 345 g/mol. The molecular weight excluding hydrogens is 310 g/mol. The number of carbonyl (C=O) groups excluding carboxylic acids is 1. The number of piperidine rings is 1. The van der Waals surface area contributed by atoms with E-state index in [0.29, 0.717) is 6.54 Å². The van der Waals surface area contributed by atoms with Crippen molar-refractivity contribution in [2.45, 2.75) is 46.1 Å². The van der Waals surface area contributed by atoms with Crippen LogP contribution in [-0.4, -0.2) is 55.5 Å². The third-order valence-corrected chi connectivity index (χ3v) is 5.21. The first-order valence-electron chi connectivity index (χ1n) is 9.82. The van der Waals surface area contributed by atoms with Crippen molar-refractivity contribution in [1.82, 2.24) is 15.1 Å². The molecule has 140 valence electrons. The second kappa shape index (κ2) is 10.6. The summed E-state index contributed by atoms with van der Waals surface area (Å²) in [6.07, 6.45) is 4.71. The number of nitrogens with zero attached hydrogens (tertiary/aromatic N) is 2. The quantitative estimate of drug-likeness (QED) is 0.747. The molecule has 4 nitrogen and oxygen atoms in total. The Balaban J connectivity index is 1.82.